The molecule has 0 spiro atoms. The number of hydrogen-bond acceptors (Lipinski definition) is 5. The molecule has 8 heteroatoms. The molecular formula is C13H11N3O5. The van der Waals surface area contributed by atoms with Gasteiger partial charge in [0.05, 0.1) is 11.5 Å². The summed E-state index contributed by atoms with van der Waals surface area (Å²) in [6.45, 7) is 3.15. The Kier molecular flexibility index (Phi) is 3.79. The summed E-state index contributed by atoms with van der Waals surface area (Å²) in [5, 5.41) is 10.7. The summed E-state index contributed by atoms with van der Waals surface area (Å²) in [4.78, 5) is 47.0. The van der Waals surface area contributed by atoms with Crippen molar-refractivity contribution >= 4 is 23.5 Å². The molecule has 1 aromatic rings. The van der Waals surface area contributed by atoms with Crippen LogP contribution in [0.2, 0.25) is 0 Å². The van der Waals surface area contributed by atoms with Gasteiger partial charge in [-0.15, -0.1) is 6.58 Å². The Morgan fingerprint density at radius 1 is 1.19 bits per heavy atom. The molecule has 108 valence electrons. The van der Waals surface area contributed by atoms with E-state index in [9.17, 15) is 24.5 Å². The Bertz CT molecular complexity index is 655. The Morgan fingerprint density at radius 3 is 2.48 bits per heavy atom. The number of amides is 4. The van der Waals surface area contributed by atoms with E-state index in [0.29, 0.717) is 5.56 Å². The minimum absolute atomic E-state index is 0.0607. The standard InChI is InChI=1S/C13H11N3O5/c1-2-6-14-11(17)12(18)15(13(14)19)8-9-4-3-5-10(7-9)16(20)21/h2-5,7H,1,6,8H2. The maximum Gasteiger partial charge on any atom is 0.334 e. The van der Waals surface area contributed by atoms with E-state index in [0.717, 1.165) is 9.80 Å². The molecule has 0 bridgehead atoms. The number of nitrogens with zero attached hydrogens (tertiary/aromatic N) is 3. The van der Waals surface area contributed by atoms with Crippen molar-refractivity contribution in [2.45, 2.75) is 6.54 Å². The summed E-state index contributed by atoms with van der Waals surface area (Å²) in [6, 6.07) is 4.78. The lowest BCUT2D eigenvalue weighted by atomic mass is 10.2. The third kappa shape index (κ3) is 2.64. The van der Waals surface area contributed by atoms with Crippen LogP contribution in [0.3, 0.4) is 0 Å². The summed E-state index contributed by atoms with van der Waals surface area (Å²) in [6.07, 6.45) is 1.33. The highest BCUT2D eigenvalue weighted by atomic mass is 16.6. The number of urea groups is 1. The number of carbonyl (C=O) groups is 3. The maximum absolute atomic E-state index is 12.0. The van der Waals surface area contributed by atoms with Crippen LogP contribution < -0.4 is 0 Å². The monoisotopic (exact) mass is 289 g/mol. The van der Waals surface area contributed by atoms with Crippen molar-refractivity contribution in [3.05, 3.63) is 52.6 Å². The van der Waals surface area contributed by atoms with Crippen molar-refractivity contribution in [1.29, 1.82) is 0 Å². The van der Waals surface area contributed by atoms with Crippen LogP contribution in [0.25, 0.3) is 0 Å². The topological polar surface area (TPSA) is 101 Å². The van der Waals surface area contributed by atoms with Gasteiger partial charge in [-0.05, 0) is 5.56 Å². The third-order valence-electron chi connectivity index (χ3n) is 2.91. The quantitative estimate of drug-likeness (QED) is 0.265. The van der Waals surface area contributed by atoms with Crippen LogP contribution in [-0.4, -0.2) is 39.1 Å². The lowest BCUT2D eigenvalue weighted by Gasteiger charge is -2.14. The van der Waals surface area contributed by atoms with Crippen molar-refractivity contribution in [3.8, 4) is 0 Å². The first kappa shape index (κ1) is 14.4. The second-order valence-electron chi connectivity index (χ2n) is 4.31. The molecule has 0 aliphatic carbocycles. The van der Waals surface area contributed by atoms with E-state index >= 15 is 0 Å². The molecule has 1 saturated heterocycles. The molecule has 1 aliphatic heterocycles. The molecule has 0 saturated carbocycles. The van der Waals surface area contributed by atoms with Gasteiger partial charge in [0.1, 0.15) is 0 Å². The smallest absolute Gasteiger partial charge is 0.263 e. The van der Waals surface area contributed by atoms with E-state index in [-0.39, 0.29) is 18.8 Å². The number of non-ortho nitro benzene ring substituents is 1. The minimum atomic E-state index is -0.951. The van der Waals surface area contributed by atoms with E-state index in [4.69, 9.17) is 0 Å². The van der Waals surface area contributed by atoms with Crippen molar-refractivity contribution in [2.24, 2.45) is 0 Å². The van der Waals surface area contributed by atoms with Gasteiger partial charge in [-0.2, -0.15) is 0 Å². The van der Waals surface area contributed by atoms with Crippen LogP contribution in [0.5, 0.6) is 0 Å². The second kappa shape index (κ2) is 5.53. The Hall–Kier alpha value is -3.03. The molecule has 0 radical (unpaired) electrons. The summed E-state index contributed by atoms with van der Waals surface area (Å²) < 4.78 is 0. The summed E-state index contributed by atoms with van der Waals surface area (Å²) >= 11 is 0. The van der Waals surface area contributed by atoms with Gasteiger partial charge in [0.25, 0.3) is 5.69 Å². The molecule has 1 aromatic carbocycles. The van der Waals surface area contributed by atoms with Crippen LogP contribution in [0, 0.1) is 10.1 Å². The number of rotatable bonds is 5. The van der Waals surface area contributed by atoms with E-state index in [1.165, 1.54) is 30.3 Å². The average Bonchev–Trinajstić information content (AvgIpc) is 2.66. The normalized spacial score (nSPS) is 14.8. The number of nitro groups is 1. The van der Waals surface area contributed by atoms with Crippen molar-refractivity contribution < 1.29 is 19.3 Å². The molecule has 4 amide bonds. The lowest BCUT2D eigenvalue weighted by Crippen LogP contribution is -2.33. The molecule has 0 N–H and O–H groups in total. The van der Waals surface area contributed by atoms with Gasteiger partial charge in [0, 0.05) is 18.7 Å². The number of hydrogen-bond donors (Lipinski definition) is 0. The van der Waals surface area contributed by atoms with Gasteiger partial charge in [-0.25, -0.2) is 4.79 Å². The van der Waals surface area contributed by atoms with Crippen LogP contribution in [0.1, 0.15) is 5.56 Å². The molecule has 0 atom stereocenters. The number of imide groups is 2. The summed E-state index contributed by atoms with van der Waals surface area (Å²) in [5.41, 5.74) is 0.236. The molecule has 8 nitrogen and oxygen atoms in total. The van der Waals surface area contributed by atoms with Crippen molar-refractivity contribution in [3.63, 3.8) is 0 Å². The number of benzene rings is 1. The first-order valence-electron chi connectivity index (χ1n) is 5.97. The van der Waals surface area contributed by atoms with Gasteiger partial charge in [-0.3, -0.25) is 29.5 Å². The van der Waals surface area contributed by atoms with E-state index < -0.39 is 22.8 Å². The summed E-state index contributed by atoms with van der Waals surface area (Å²) in [5.74, 6) is -1.88. The average molecular weight is 289 g/mol. The SMILES string of the molecule is C=CCN1C(=O)C(=O)N(Cc2cccc([N+](=O)[O-])c2)C1=O. The summed E-state index contributed by atoms with van der Waals surface area (Å²) in [7, 11) is 0. The fourth-order valence-corrected chi connectivity index (χ4v) is 1.93. The molecule has 1 aliphatic rings. The van der Waals surface area contributed by atoms with Gasteiger partial charge in [0.15, 0.2) is 0 Å². The van der Waals surface area contributed by atoms with Gasteiger partial charge in [0.2, 0.25) is 0 Å². The van der Waals surface area contributed by atoms with Gasteiger partial charge < -0.3 is 0 Å². The molecule has 2 rings (SSSR count). The highest BCUT2D eigenvalue weighted by Gasteiger charge is 2.43. The van der Waals surface area contributed by atoms with Crippen LogP contribution in [0.4, 0.5) is 10.5 Å². The van der Waals surface area contributed by atoms with E-state index in [1.54, 1.807) is 0 Å². The zero-order valence-electron chi connectivity index (χ0n) is 10.9. The minimum Gasteiger partial charge on any atom is -0.263 e. The van der Waals surface area contributed by atoms with Crippen molar-refractivity contribution in [2.75, 3.05) is 6.54 Å². The van der Waals surface area contributed by atoms with Crippen LogP contribution >= 0.6 is 0 Å². The van der Waals surface area contributed by atoms with Crippen molar-refractivity contribution in [1.82, 2.24) is 9.80 Å². The highest BCUT2D eigenvalue weighted by molar-refractivity contribution is 6.44. The van der Waals surface area contributed by atoms with Crippen LogP contribution in [0.15, 0.2) is 36.9 Å². The highest BCUT2D eigenvalue weighted by Crippen LogP contribution is 2.19. The molecule has 0 unspecified atom stereocenters. The number of nitro benzene ring substituents is 1. The second-order valence-corrected chi connectivity index (χ2v) is 4.31. The molecule has 21 heavy (non-hydrogen) atoms. The lowest BCUT2D eigenvalue weighted by molar-refractivity contribution is -0.384. The third-order valence-corrected chi connectivity index (χ3v) is 2.91. The van der Waals surface area contributed by atoms with Gasteiger partial charge in [-0.1, -0.05) is 18.2 Å². The fraction of sp³-hybridized carbons (Fsp3) is 0.154. The van der Waals surface area contributed by atoms with E-state index in [2.05, 4.69) is 6.58 Å². The molecule has 0 aromatic heterocycles. The fourth-order valence-electron chi connectivity index (χ4n) is 1.93. The Labute approximate surface area is 119 Å². The van der Waals surface area contributed by atoms with E-state index in [1.807, 2.05) is 0 Å². The largest absolute Gasteiger partial charge is 0.334 e. The molecule has 1 heterocycles. The zero-order valence-corrected chi connectivity index (χ0v) is 10.9. The number of carbonyl (C=O) groups excluding carboxylic acids is 3. The Balaban J connectivity index is 2.23. The first-order valence-corrected chi connectivity index (χ1v) is 5.97. The zero-order chi connectivity index (χ0) is 15.6. The predicted octanol–water partition coefficient (Wildman–Crippen LogP) is 1.07. The molecular weight excluding hydrogens is 278 g/mol. The maximum atomic E-state index is 12.0. The van der Waals surface area contributed by atoms with Crippen LogP contribution in [-0.2, 0) is 16.1 Å². The predicted molar refractivity (Wildman–Crippen MR) is 71.0 cm³/mol. The first-order chi connectivity index (χ1) is 9.95. The molecule has 1 fully saturated rings. The van der Waals surface area contributed by atoms with Gasteiger partial charge >= 0.3 is 17.8 Å². The Morgan fingerprint density at radius 2 is 1.86 bits per heavy atom.